The topological polar surface area (TPSA) is 117 Å². The smallest absolute Gasteiger partial charge is 0.245 e. The van der Waals surface area contributed by atoms with Gasteiger partial charge >= 0.3 is 0 Å². The molecule has 0 aromatic carbocycles. The summed E-state index contributed by atoms with van der Waals surface area (Å²) >= 11 is 5.91. The Balaban J connectivity index is 2.46. The van der Waals surface area contributed by atoms with E-state index in [1.165, 1.54) is 6.07 Å². The lowest BCUT2D eigenvalue weighted by Crippen LogP contribution is -2.63. The first-order chi connectivity index (χ1) is 9.71. The van der Waals surface area contributed by atoms with E-state index in [0.29, 0.717) is 0 Å². The number of aromatic nitrogens is 1. The van der Waals surface area contributed by atoms with Crippen LogP contribution in [0.3, 0.4) is 0 Å². The summed E-state index contributed by atoms with van der Waals surface area (Å²) in [4.78, 5) is 15.6. The molecule has 0 unspecified atom stereocenters. The maximum Gasteiger partial charge on any atom is 0.245 e. The lowest BCUT2D eigenvalue weighted by molar-refractivity contribution is -0.131. The van der Waals surface area contributed by atoms with Gasteiger partial charge in [0.1, 0.15) is 10.4 Å². The Morgan fingerprint density at radius 1 is 1.52 bits per heavy atom. The number of rotatable bonds is 3. The van der Waals surface area contributed by atoms with Gasteiger partial charge in [0.2, 0.25) is 15.9 Å². The fourth-order valence-corrected chi connectivity index (χ4v) is 4.10. The van der Waals surface area contributed by atoms with Crippen molar-refractivity contribution >= 4 is 33.3 Å². The predicted octanol–water partition coefficient (Wildman–Crippen LogP) is -0.0803. The molecule has 0 atom stereocenters. The first-order valence-corrected chi connectivity index (χ1v) is 7.96. The molecule has 0 spiro atoms. The summed E-state index contributed by atoms with van der Waals surface area (Å²) < 4.78 is 26.5. The molecule has 0 aliphatic carbocycles. The fourth-order valence-electron chi connectivity index (χ4n) is 2.10. The molecule has 0 radical (unpaired) electrons. The Morgan fingerprint density at radius 2 is 2.19 bits per heavy atom. The number of sulfonamides is 1. The number of hydrogen-bond donors (Lipinski definition) is 3. The van der Waals surface area contributed by atoms with Crippen LogP contribution in [0.1, 0.15) is 13.8 Å². The molecule has 1 aliphatic rings. The lowest BCUT2D eigenvalue weighted by Gasteiger charge is -2.39. The van der Waals surface area contributed by atoms with Gasteiger partial charge < -0.3 is 10.7 Å². The van der Waals surface area contributed by atoms with Gasteiger partial charge in [0.25, 0.3) is 0 Å². The molecule has 1 aromatic rings. The number of hydrogen-bond acceptors (Lipinski definition) is 6. The van der Waals surface area contributed by atoms with Crippen LogP contribution in [-0.4, -0.2) is 42.2 Å². The van der Waals surface area contributed by atoms with Crippen LogP contribution >= 0.6 is 11.6 Å². The van der Waals surface area contributed by atoms with Gasteiger partial charge in [-0.15, -0.1) is 0 Å². The number of carbonyl (C=O) groups is 1. The average Bonchev–Trinajstić information content (AvgIpc) is 2.41. The van der Waals surface area contributed by atoms with Crippen LogP contribution in [0, 0.1) is 0 Å². The second-order valence-corrected chi connectivity index (χ2v) is 7.31. The molecule has 1 saturated heterocycles. The quantitative estimate of drug-likeness (QED) is 0.526. The van der Waals surface area contributed by atoms with E-state index in [-0.39, 0.29) is 34.7 Å². The molecule has 0 bridgehead atoms. The Kier molecular flexibility index (Phi) is 4.11. The van der Waals surface area contributed by atoms with E-state index >= 15 is 0 Å². The highest BCUT2D eigenvalue weighted by Crippen LogP contribution is 2.29. The zero-order valence-corrected chi connectivity index (χ0v) is 13.1. The van der Waals surface area contributed by atoms with Crippen molar-refractivity contribution in [2.24, 2.45) is 5.84 Å². The van der Waals surface area contributed by atoms with Crippen molar-refractivity contribution in [3.05, 3.63) is 17.3 Å². The van der Waals surface area contributed by atoms with Gasteiger partial charge in [-0.25, -0.2) is 19.2 Å². The number of piperazine rings is 1. The molecule has 1 fully saturated rings. The molecule has 2 heterocycles. The molecule has 1 amide bonds. The minimum atomic E-state index is -3.89. The van der Waals surface area contributed by atoms with E-state index in [9.17, 15) is 13.2 Å². The average molecular weight is 334 g/mol. The Labute approximate surface area is 127 Å². The fraction of sp³-hybridized carbons (Fsp3) is 0.455. The highest BCUT2D eigenvalue weighted by atomic mass is 35.5. The van der Waals surface area contributed by atoms with E-state index in [4.69, 9.17) is 17.4 Å². The maximum absolute atomic E-state index is 12.7. The van der Waals surface area contributed by atoms with Crippen LogP contribution in [-0.2, 0) is 14.8 Å². The van der Waals surface area contributed by atoms with Gasteiger partial charge in [-0.05, 0) is 19.9 Å². The molecule has 10 heteroatoms. The van der Waals surface area contributed by atoms with Crippen LogP contribution < -0.4 is 16.6 Å². The predicted molar refractivity (Wildman–Crippen MR) is 78.0 cm³/mol. The van der Waals surface area contributed by atoms with Crippen LogP contribution in [0.5, 0.6) is 0 Å². The largest absolute Gasteiger partial charge is 0.353 e. The van der Waals surface area contributed by atoms with Crippen LogP contribution in [0.4, 0.5) is 5.82 Å². The number of amides is 1. The van der Waals surface area contributed by atoms with Gasteiger partial charge in [-0.3, -0.25) is 4.79 Å². The number of nitrogens with one attached hydrogen (secondary N) is 2. The van der Waals surface area contributed by atoms with E-state index in [1.54, 1.807) is 13.8 Å². The van der Waals surface area contributed by atoms with Gasteiger partial charge in [-0.2, -0.15) is 4.31 Å². The summed E-state index contributed by atoms with van der Waals surface area (Å²) in [6.07, 6.45) is 1.15. The second-order valence-electron chi connectivity index (χ2n) is 5.04. The number of anilines is 1. The number of nitrogens with zero attached hydrogens (tertiary/aromatic N) is 2. The highest BCUT2D eigenvalue weighted by Gasteiger charge is 2.45. The maximum atomic E-state index is 12.7. The van der Waals surface area contributed by atoms with E-state index in [2.05, 4.69) is 15.7 Å². The van der Waals surface area contributed by atoms with Gasteiger partial charge in [0.15, 0.2) is 5.82 Å². The van der Waals surface area contributed by atoms with Crippen LogP contribution in [0.2, 0.25) is 5.02 Å². The van der Waals surface area contributed by atoms with Crippen LogP contribution in [0.15, 0.2) is 17.2 Å². The van der Waals surface area contributed by atoms with Gasteiger partial charge in [0, 0.05) is 19.3 Å². The third kappa shape index (κ3) is 2.69. The summed E-state index contributed by atoms with van der Waals surface area (Å²) in [6, 6.07) is 1.25. The van der Waals surface area contributed by atoms with Crippen LogP contribution in [0.25, 0.3) is 0 Å². The summed E-state index contributed by atoms with van der Waals surface area (Å²) in [5.74, 6) is 5.03. The van der Waals surface area contributed by atoms with E-state index < -0.39 is 15.6 Å². The summed E-state index contributed by atoms with van der Waals surface area (Å²) in [5.41, 5.74) is 1.07. The van der Waals surface area contributed by atoms with Crippen molar-refractivity contribution in [1.82, 2.24) is 14.6 Å². The summed E-state index contributed by atoms with van der Waals surface area (Å²) in [5, 5.41) is 2.72. The molecule has 4 N–H and O–H groups in total. The summed E-state index contributed by atoms with van der Waals surface area (Å²) in [6.45, 7) is 3.52. The molecular weight excluding hydrogens is 318 g/mol. The standard InChI is InChI=1S/C11H16ClN5O3S/c1-11(2)10(18)14-3-4-17(11)21(19,20)7-5-8(12)9(16-13)15-6-7/h5-6H,3-4,13H2,1-2H3,(H,14,18)(H,15,16). The molecule has 2 rings (SSSR count). The van der Waals surface area contributed by atoms with Crippen molar-refractivity contribution in [3.8, 4) is 0 Å². The Bertz CT molecular complexity index is 676. The molecule has 8 nitrogen and oxygen atoms in total. The first kappa shape index (κ1) is 16.0. The van der Waals surface area contributed by atoms with E-state index in [0.717, 1.165) is 10.5 Å². The van der Waals surface area contributed by atoms with Crippen molar-refractivity contribution < 1.29 is 13.2 Å². The molecule has 1 aromatic heterocycles. The Morgan fingerprint density at radius 3 is 2.76 bits per heavy atom. The number of nitrogens with two attached hydrogens (primary N) is 1. The number of halogens is 1. The van der Waals surface area contributed by atoms with Gasteiger partial charge in [0.05, 0.1) is 5.02 Å². The molecule has 1 aliphatic heterocycles. The number of carbonyl (C=O) groups excluding carboxylic acids is 1. The van der Waals surface area contributed by atoms with Crippen molar-refractivity contribution in [1.29, 1.82) is 0 Å². The normalized spacial score (nSPS) is 19.1. The van der Waals surface area contributed by atoms with Crippen molar-refractivity contribution in [2.75, 3.05) is 18.5 Å². The Hall–Kier alpha value is -1.42. The minimum absolute atomic E-state index is 0.0813. The zero-order valence-electron chi connectivity index (χ0n) is 11.6. The third-order valence-corrected chi connectivity index (χ3v) is 5.65. The first-order valence-electron chi connectivity index (χ1n) is 6.14. The number of pyridine rings is 1. The minimum Gasteiger partial charge on any atom is -0.353 e. The third-order valence-electron chi connectivity index (χ3n) is 3.32. The second kappa shape index (κ2) is 5.41. The lowest BCUT2D eigenvalue weighted by atomic mass is 10.0. The van der Waals surface area contributed by atoms with Crippen molar-refractivity contribution in [2.45, 2.75) is 24.3 Å². The highest BCUT2D eigenvalue weighted by molar-refractivity contribution is 7.89. The molecule has 0 saturated carbocycles. The molecule has 21 heavy (non-hydrogen) atoms. The SMILES string of the molecule is CC1(C)C(=O)NCCN1S(=O)(=O)c1cnc(NN)c(Cl)c1. The summed E-state index contributed by atoms with van der Waals surface area (Å²) in [7, 11) is -3.89. The molecule has 116 valence electrons. The molecular formula is C11H16ClN5O3S. The van der Waals surface area contributed by atoms with Gasteiger partial charge in [-0.1, -0.05) is 11.6 Å². The van der Waals surface area contributed by atoms with Crippen molar-refractivity contribution in [3.63, 3.8) is 0 Å². The zero-order chi connectivity index (χ0) is 15.8. The monoisotopic (exact) mass is 333 g/mol. The number of nitrogen functional groups attached to an aromatic ring is 1. The van der Waals surface area contributed by atoms with E-state index in [1.807, 2.05) is 0 Å². The number of hydrazine groups is 1.